The Morgan fingerprint density at radius 3 is 2.58 bits per heavy atom. The van der Waals surface area contributed by atoms with Crippen LogP contribution in [0.25, 0.3) is 0 Å². The minimum atomic E-state index is -0.905. The minimum Gasteiger partial charge on any atom is -0.444 e. The Morgan fingerprint density at radius 2 is 1.96 bits per heavy atom. The molecule has 1 atom stereocenters. The lowest BCUT2D eigenvalue weighted by atomic mass is 10.2. The number of hydrogen-bond acceptors (Lipinski definition) is 6. The third kappa shape index (κ3) is 7.20. The van der Waals surface area contributed by atoms with E-state index in [1.807, 2.05) is 30.3 Å². The molecule has 26 heavy (non-hydrogen) atoms. The number of ether oxygens (including phenoxy) is 2. The van der Waals surface area contributed by atoms with Crippen molar-refractivity contribution in [3.8, 4) is 0 Å². The molecule has 2 amide bonds. The van der Waals surface area contributed by atoms with Gasteiger partial charge in [-0.3, -0.25) is 4.79 Å². The molecule has 0 saturated heterocycles. The van der Waals surface area contributed by atoms with Gasteiger partial charge in [0.1, 0.15) is 11.6 Å². The molecule has 0 aliphatic heterocycles. The fourth-order valence-corrected chi connectivity index (χ4v) is 2.51. The molecule has 7 nitrogen and oxygen atoms in total. The summed E-state index contributed by atoms with van der Waals surface area (Å²) in [5.41, 5.74) is 0.314. The third-order valence-corrected chi connectivity index (χ3v) is 3.75. The van der Waals surface area contributed by atoms with E-state index < -0.39 is 23.6 Å². The second-order valence-corrected chi connectivity index (χ2v) is 7.42. The minimum absolute atomic E-state index is 0.00530. The molecule has 140 valence electrons. The number of thiazole rings is 1. The number of amides is 2. The normalized spacial score (nSPS) is 12.3. The average Bonchev–Trinajstić information content (AvgIpc) is 3.06. The van der Waals surface area contributed by atoms with Gasteiger partial charge in [-0.1, -0.05) is 30.3 Å². The highest BCUT2D eigenvalue weighted by Crippen LogP contribution is 2.12. The van der Waals surface area contributed by atoms with Crippen LogP contribution in [0.15, 0.2) is 41.9 Å². The lowest BCUT2D eigenvalue weighted by Gasteiger charge is -2.23. The van der Waals surface area contributed by atoms with Crippen LogP contribution in [0.1, 0.15) is 26.3 Å². The van der Waals surface area contributed by atoms with Crippen LogP contribution in [0.5, 0.6) is 0 Å². The predicted octanol–water partition coefficient (Wildman–Crippen LogP) is 3.19. The summed E-state index contributed by atoms with van der Waals surface area (Å²) in [6.45, 7) is 5.60. The van der Waals surface area contributed by atoms with Gasteiger partial charge in [0, 0.05) is 11.6 Å². The highest BCUT2D eigenvalue weighted by molar-refractivity contribution is 7.13. The van der Waals surface area contributed by atoms with Crippen molar-refractivity contribution in [1.82, 2.24) is 10.3 Å². The van der Waals surface area contributed by atoms with Gasteiger partial charge in [-0.25, -0.2) is 9.78 Å². The van der Waals surface area contributed by atoms with E-state index in [0.29, 0.717) is 11.7 Å². The maximum absolute atomic E-state index is 12.5. The zero-order valence-corrected chi connectivity index (χ0v) is 15.8. The highest BCUT2D eigenvalue weighted by atomic mass is 32.1. The molecule has 2 rings (SSSR count). The summed E-state index contributed by atoms with van der Waals surface area (Å²) in [7, 11) is 0. The summed E-state index contributed by atoms with van der Waals surface area (Å²) in [4.78, 5) is 28.5. The van der Waals surface area contributed by atoms with Gasteiger partial charge in [0.25, 0.3) is 5.91 Å². The molecule has 0 spiro atoms. The van der Waals surface area contributed by atoms with Crippen molar-refractivity contribution in [2.45, 2.75) is 39.0 Å². The van der Waals surface area contributed by atoms with E-state index >= 15 is 0 Å². The van der Waals surface area contributed by atoms with Crippen LogP contribution in [0, 0.1) is 0 Å². The largest absolute Gasteiger partial charge is 0.444 e. The van der Waals surface area contributed by atoms with Gasteiger partial charge in [-0.15, -0.1) is 11.3 Å². The molecule has 8 heteroatoms. The van der Waals surface area contributed by atoms with Crippen molar-refractivity contribution >= 4 is 28.5 Å². The summed E-state index contributed by atoms with van der Waals surface area (Å²) in [6, 6.07) is 8.67. The first-order valence-corrected chi connectivity index (χ1v) is 9.03. The Morgan fingerprint density at radius 1 is 1.23 bits per heavy atom. The first-order valence-electron chi connectivity index (χ1n) is 8.15. The monoisotopic (exact) mass is 377 g/mol. The predicted molar refractivity (Wildman–Crippen MR) is 100.0 cm³/mol. The van der Waals surface area contributed by atoms with Crippen LogP contribution in [0.3, 0.4) is 0 Å². The smallest absolute Gasteiger partial charge is 0.408 e. The topological polar surface area (TPSA) is 89.5 Å². The second kappa shape index (κ2) is 9.30. The molecule has 0 fully saturated rings. The van der Waals surface area contributed by atoms with Gasteiger partial charge in [0.05, 0.1) is 13.2 Å². The van der Waals surface area contributed by atoms with Gasteiger partial charge in [0.15, 0.2) is 5.13 Å². The van der Waals surface area contributed by atoms with Gasteiger partial charge in [-0.05, 0) is 26.3 Å². The van der Waals surface area contributed by atoms with Gasteiger partial charge >= 0.3 is 6.09 Å². The maximum atomic E-state index is 12.5. The lowest BCUT2D eigenvalue weighted by Crippen LogP contribution is -2.48. The first kappa shape index (κ1) is 19.9. The molecule has 0 radical (unpaired) electrons. The molecule has 0 unspecified atom stereocenters. The summed E-state index contributed by atoms with van der Waals surface area (Å²) >= 11 is 1.29. The summed E-state index contributed by atoms with van der Waals surface area (Å²) in [6.07, 6.45) is 0.905. The van der Waals surface area contributed by atoms with E-state index in [-0.39, 0.29) is 6.61 Å². The Bertz CT molecular complexity index is 699. The molecule has 1 heterocycles. The van der Waals surface area contributed by atoms with Crippen molar-refractivity contribution in [3.63, 3.8) is 0 Å². The molecule has 0 saturated carbocycles. The van der Waals surface area contributed by atoms with Gasteiger partial charge in [-0.2, -0.15) is 0 Å². The van der Waals surface area contributed by atoms with Crippen molar-refractivity contribution in [2.75, 3.05) is 11.9 Å². The number of nitrogens with one attached hydrogen (secondary N) is 2. The van der Waals surface area contributed by atoms with Crippen LogP contribution in [0.4, 0.5) is 9.93 Å². The molecule has 0 aliphatic carbocycles. The molecular formula is C18H23N3O4S. The third-order valence-electron chi connectivity index (χ3n) is 3.07. The Balaban J connectivity index is 1.95. The van der Waals surface area contributed by atoms with E-state index in [9.17, 15) is 9.59 Å². The van der Waals surface area contributed by atoms with Crippen LogP contribution in [-0.4, -0.2) is 35.2 Å². The maximum Gasteiger partial charge on any atom is 0.408 e. The average molecular weight is 377 g/mol. The number of nitrogens with zero attached hydrogens (tertiary/aromatic N) is 1. The fourth-order valence-electron chi connectivity index (χ4n) is 1.98. The van der Waals surface area contributed by atoms with Crippen LogP contribution >= 0.6 is 11.3 Å². The van der Waals surface area contributed by atoms with Gasteiger partial charge < -0.3 is 20.1 Å². The zero-order chi connectivity index (χ0) is 19.0. The summed E-state index contributed by atoms with van der Waals surface area (Å²) < 4.78 is 10.8. The second-order valence-electron chi connectivity index (χ2n) is 6.53. The highest BCUT2D eigenvalue weighted by Gasteiger charge is 2.25. The van der Waals surface area contributed by atoms with Crippen LogP contribution in [0.2, 0.25) is 0 Å². The van der Waals surface area contributed by atoms with E-state index in [0.717, 1.165) is 5.56 Å². The Kier molecular flexibility index (Phi) is 7.11. The van der Waals surface area contributed by atoms with Crippen molar-refractivity contribution in [2.24, 2.45) is 0 Å². The summed E-state index contributed by atoms with van der Waals surface area (Å²) in [5.74, 6) is -0.418. The van der Waals surface area contributed by atoms with Crippen LogP contribution in [-0.2, 0) is 20.9 Å². The molecule has 0 aliphatic rings. The number of anilines is 1. The quantitative estimate of drug-likeness (QED) is 0.773. The Hall–Kier alpha value is -2.45. The number of benzene rings is 1. The van der Waals surface area contributed by atoms with E-state index in [2.05, 4.69) is 15.6 Å². The number of hydrogen-bond donors (Lipinski definition) is 2. The molecule has 1 aromatic heterocycles. The molecule has 1 aromatic carbocycles. The number of aromatic nitrogens is 1. The Labute approximate surface area is 156 Å². The number of carbonyl (C=O) groups excluding carboxylic acids is 2. The standard InChI is InChI=1S/C18H23N3O4S/c1-18(2,3)25-17(23)20-14(15(22)21-16-19-9-10-26-16)12-24-11-13-7-5-4-6-8-13/h4-10,14H,11-12H2,1-3H3,(H,20,23)(H,19,21,22)/t14-/m0/s1. The molecular weight excluding hydrogens is 354 g/mol. The first-order chi connectivity index (χ1) is 12.3. The fraction of sp³-hybridized carbons (Fsp3) is 0.389. The van der Waals surface area contributed by atoms with Crippen molar-refractivity contribution in [1.29, 1.82) is 0 Å². The van der Waals surface area contributed by atoms with Crippen molar-refractivity contribution < 1.29 is 19.1 Å². The number of carbonyl (C=O) groups is 2. The zero-order valence-electron chi connectivity index (χ0n) is 15.0. The lowest BCUT2D eigenvalue weighted by molar-refractivity contribution is -0.119. The van der Waals surface area contributed by atoms with Crippen LogP contribution < -0.4 is 10.6 Å². The van der Waals surface area contributed by atoms with E-state index in [1.165, 1.54) is 11.3 Å². The van der Waals surface area contributed by atoms with E-state index in [1.54, 1.807) is 32.3 Å². The van der Waals surface area contributed by atoms with Gasteiger partial charge in [0.2, 0.25) is 0 Å². The molecule has 0 bridgehead atoms. The molecule has 2 N–H and O–H groups in total. The number of rotatable bonds is 7. The van der Waals surface area contributed by atoms with Crippen molar-refractivity contribution in [3.05, 3.63) is 47.5 Å². The SMILES string of the molecule is CC(C)(C)OC(=O)N[C@@H](COCc1ccccc1)C(=O)Nc1nccs1. The molecule has 2 aromatic rings. The van der Waals surface area contributed by atoms with E-state index in [4.69, 9.17) is 9.47 Å². The number of alkyl carbamates (subject to hydrolysis) is 1. The summed E-state index contributed by atoms with van der Waals surface area (Å²) in [5, 5.41) is 7.41.